The van der Waals surface area contributed by atoms with Gasteiger partial charge in [-0.3, -0.25) is 4.99 Å². The Balaban J connectivity index is 3.01. The van der Waals surface area contributed by atoms with Crippen LogP contribution in [0.1, 0.15) is 5.56 Å². The third-order valence-electron chi connectivity index (χ3n) is 2.12. The lowest BCUT2D eigenvalue weighted by molar-refractivity contribution is 0.208. The fourth-order valence-corrected chi connectivity index (χ4v) is 1.49. The third-order valence-corrected chi connectivity index (χ3v) is 2.35. The van der Waals surface area contributed by atoms with Crippen LogP contribution in [0.25, 0.3) is 0 Å². The normalized spacial score (nSPS) is 11.4. The molecule has 17 heavy (non-hydrogen) atoms. The van der Waals surface area contributed by atoms with E-state index in [0.717, 1.165) is 5.56 Å². The zero-order valence-corrected chi connectivity index (χ0v) is 10.6. The van der Waals surface area contributed by atoms with Crippen LogP contribution >= 0.6 is 11.6 Å². The van der Waals surface area contributed by atoms with Crippen molar-refractivity contribution in [1.82, 2.24) is 5.43 Å². The minimum Gasteiger partial charge on any atom is -0.496 e. The van der Waals surface area contributed by atoms with Gasteiger partial charge in [-0.2, -0.15) is 0 Å². The molecule has 0 atom stereocenters. The Kier molecular flexibility index (Phi) is 5.76. The van der Waals surface area contributed by atoms with Crippen molar-refractivity contribution in [3.05, 3.63) is 28.8 Å². The number of methoxy groups -OCH3 is 2. The molecule has 0 saturated heterocycles. The second-order valence-corrected chi connectivity index (χ2v) is 3.65. The lowest BCUT2D eigenvalue weighted by Gasteiger charge is -2.11. The number of rotatable bonds is 5. The molecule has 0 bridgehead atoms. The quantitative estimate of drug-likeness (QED) is 0.274. The summed E-state index contributed by atoms with van der Waals surface area (Å²) in [6.45, 7) is 1.03. The molecule has 0 fully saturated rings. The maximum absolute atomic E-state index is 5.93. The molecule has 1 aromatic rings. The molecule has 0 heterocycles. The van der Waals surface area contributed by atoms with Gasteiger partial charge in [0.25, 0.3) is 0 Å². The highest BCUT2D eigenvalue weighted by atomic mass is 35.5. The largest absolute Gasteiger partial charge is 0.496 e. The van der Waals surface area contributed by atoms with Gasteiger partial charge < -0.3 is 14.9 Å². The lowest BCUT2D eigenvalue weighted by atomic mass is 10.2. The molecule has 6 heteroatoms. The second kappa shape index (κ2) is 7.11. The van der Waals surface area contributed by atoms with E-state index in [4.69, 9.17) is 26.9 Å². The number of halogens is 1. The molecule has 3 N–H and O–H groups in total. The van der Waals surface area contributed by atoms with Crippen LogP contribution in [0.5, 0.6) is 5.75 Å². The first-order valence-electron chi connectivity index (χ1n) is 5.06. The predicted molar refractivity (Wildman–Crippen MR) is 68.6 cm³/mol. The number of nitrogens with one attached hydrogen (secondary N) is 1. The Morgan fingerprint density at radius 2 is 2.24 bits per heavy atom. The summed E-state index contributed by atoms with van der Waals surface area (Å²) in [6, 6.07) is 5.25. The Labute approximate surface area is 106 Å². The molecule has 1 aromatic carbocycles. The molecule has 0 aliphatic rings. The lowest BCUT2D eigenvalue weighted by Crippen LogP contribution is -2.32. The van der Waals surface area contributed by atoms with E-state index in [0.29, 0.717) is 29.8 Å². The monoisotopic (exact) mass is 257 g/mol. The summed E-state index contributed by atoms with van der Waals surface area (Å²) in [5, 5.41) is 0.593. The van der Waals surface area contributed by atoms with Crippen molar-refractivity contribution in [2.45, 2.75) is 0 Å². The summed E-state index contributed by atoms with van der Waals surface area (Å²) in [5.41, 5.74) is 3.26. The Hall–Kier alpha value is -1.30. The number of aliphatic imine (C=N–C) groups is 1. The fraction of sp³-hybridized carbons (Fsp3) is 0.364. The number of hydrogen-bond acceptors (Lipinski definition) is 4. The maximum atomic E-state index is 5.93. The average molecular weight is 258 g/mol. The number of hydrazine groups is 1. The van der Waals surface area contributed by atoms with Crippen LogP contribution in [-0.2, 0) is 4.74 Å². The second-order valence-electron chi connectivity index (χ2n) is 3.21. The van der Waals surface area contributed by atoms with E-state index in [1.165, 1.54) is 0 Å². The first kappa shape index (κ1) is 13.8. The predicted octanol–water partition coefficient (Wildman–Crippen LogP) is 1.20. The molecule has 0 radical (unpaired) electrons. The van der Waals surface area contributed by atoms with Gasteiger partial charge in [-0.25, -0.2) is 5.84 Å². The molecule has 0 amide bonds. The van der Waals surface area contributed by atoms with E-state index < -0.39 is 0 Å². The van der Waals surface area contributed by atoms with Crippen LogP contribution < -0.4 is 16.0 Å². The van der Waals surface area contributed by atoms with Gasteiger partial charge >= 0.3 is 0 Å². The van der Waals surface area contributed by atoms with E-state index in [1.807, 2.05) is 0 Å². The summed E-state index contributed by atoms with van der Waals surface area (Å²) in [7, 11) is 3.20. The molecule has 1 rings (SSSR count). The number of amidine groups is 1. The van der Waals surface area contributed by atoms with Crippen molar-refractivity contribution in [3.63, 3.8) is 0 Å². The number of ether oxygens (including phenoxy) is 2. The zero-order valence-electron chi connectivity index (χ0n) is 9.87. The highest BCUT2D eigenvalue weighted by Crippen LogP contribution is 2.22. The molecule has 0 saturated carbocycles. The Morgan fingerprint density at radius 3 is 2.82 bits per heavy atom. The summed E-state index contributed by atoms with van der Waals surface area (Å²) in [4.78, 5) is 4.27. The molecule has 5 nitrogen and oxygen atoms in total. The van der Waals surface area contributed by atoms with Crippen LogP contribution in [0.3, 0.4) is 0 Å². The van der Waals surface area contributed by atoms with E-state index in [9.17, 15) is 0 Å². The molecule has 94 valence electrons. The van der Waals surface area contributed by atoms with E-state index >= 15 is 0 Å². The van der Waals surface area contributed by atoms with Gasteiger partial charge in [0.1, 0.15) is 11.6 Å². The van der Waals surface area contributed by atoms with Crippen molar-refractivity contribution in [2.75, 3.05) is 27.4 Å². The number of benzene rings is 1. The summed E-state index contributed by atoms with van der Waals surface area (Å²) in [5.74, 6) is 6.61. The molecule has 0 unspecified atom stereocenters. The number of nitrogens with two attached hydrogens (primary N) is 1. The highest BCUT2D eigenvalue weighted by Gasteiger charge is 2.09. The number of nitrogens with zero attached hydrogens (tertiary/aromatic N) is 1. The molecule has 0 spiro atoms. The Bertz CT molecular complexity index is 396. The van der Waals surface area contributed by atoms with Gasteiger partial charge in [-0.1, -0.05) is 11.6 Å². The minimum absolute atomic E-state index is 0.506. The van der Waals surface area contributed by atoms with Gasteiger partial charge in [0.2, 0.25) is 0 Å². The SMILES string of the molecule is COCCN=C(NN)c1cc(Cl)ccc1OC. The first-order valence-corrected chi connectivity index (χ1v) is 5.44. The molecule has 0 aliphatic carbocycles. The topological polar surface area (TPSA) is 68.9 Å². The van der Waals surface area contributed by atoms with Crippen LogP contribution in [0.2, 0.25) is 5.02 Å². The van der Waals surface area contributed by atoms with Gasteiger partial charge in [-0.15, -0.1) is 0 Å². The van der Waals surface area contributed by atoms with Gasteiger partial charge in [0.05, 0.1) is 25.8 Å². The van der Waals surface area contributed by atoms with Crippen molar-refractivity contribution >= 4 is 17.4 Å². The van der Waals surface area contributed by atoms with Gasteiger partial charge in [-0.05, 0) is 18.2 Å². The summed E-state index contributed by atoms with van der Waals surface area (Å²) >= 11 is 5.93. The summed E-state index contributed by atoms with van der Waals surface area (Å²) < 4.78 is 10.1. The van der Waals surface area contributed by atoms with Gasteiger partial charge in [0, 0.05) is 12.1 Å². The standard InChI is InChI=1S/C11H16ClN3O2/c1-16-6-5-14-11(15-13)9-7-8(12)3-4-10(9)17-2/h3-4,7H,5-6,13H2,1-2H3,(H,14,15). The minimum atomic E-state index is 0.506. The average Bonchev–Trinajstić information content (AvgIpc) is 2.35. The first-order chi connectivity index (χ1) is 8.22. The molecule has 0 aromatic heterocycles. The van der Waals surface area contributed by atoms with Crippen LogP contribution in [0, 0.1) is 0 Å². The number of hydrogen-bond donors (Lipinski definition) is 2. The molecule has 0 aliphatic heterocycles. The Morgan fingerprint density at radius 1 is 1.47 bits per heavy atom. The van der Waals surface area contributed by atoms with E-state index in [2.05, 4.69) is 10.4 Å². The smallest absolute Gasteiger partial charge is 0.146 e. The fourth-order valence-electron chi connectivity index (χ4n) is 1.32. The summed E-state index contributed by atoms with van der Waals surface area (Å²) in [6.07, 6.45) is 0. The van der Waals surface area contributed by atoms with Crippen LogP contribution in [0.4, 0.5) is 0 Å². The maximum Gasteiger partial charge on any atom is 0.146 e. The van der Waals surface area contributed by atoms with E-state index in [-0.39, 0.29) is 0 Å². The van der Waals surface area contributed by atoms with Crippen LogP contribution in [-0.4, -0.2) is 33.2 Å². The van der Waals surface area contributed by atoms with Crippen molar-refractivity contribution < 1.29 is 9.47 Å². The zero-order chi connectivity index (χ0) is 12.7. The highest BCUT2D eigenvalue weighted by molar-refractivity contribution is 6.31. The molecular weight excluding hydrogens is 242 g/mol. The van der Waals surface area contributed by atoms with Crippen molar-refractivity contribution in [1.29, 1.82) is 0 Å². The third kappa shape index (κ3) is 3.89. The van der Waals surface area contributed by atoms with Crippen molar-refractivity contribution in [3.8, 4) is 5.75 Å². The van der Waals surface area contributed by atoms with Gasteiger partial charge in [0.15, 0.2) is 0 Å². The van der Waals surface area contributed by atoms with Crippen LogP contribution in [0.15, 0.2) is 23.2 Å². The molecular formula is C11H16ClN3O2. The van der Waals surface area contributed by atoms with E-state index in [1.54, 1.807) is 32.4 Å². The van der Waals surface area contributed by atoms with Crippen molar-refractivity contribution in [2.24, 2.45) is 10.8 Å².